The first-order chi connectivity index (χ1) is 13.2. The molecule has 138 valence electrons. The number of piperidine rings is 1. The van der Waals surface area contributed by atoms with Crippen LogP contribution in [0.1, 0.15) is 18.4 Å². The molecule has 0 radical (unpaired) electrons. The van der Waals surface area contributed by atoms with Crippen LogP contribution in [0.25, 0.3) is 22.3 Å². The van der Waals surface area contributed by atoms with Gasteiger partial charge in [0.1, 0.15) is 5.52 Å². The zero-order chi connectivity index (χ0) is 18.4. The molecule has 3 aromatic heterocycles. The van der Waals surface area contributed by atoms with Crippen LogP contribution in [0, 0.1) is 0 Å². The second kappa shape index (κ2) is 6.31. The van der Waals surface area contributed by atoms with E-state index in [1.54, 1.807) is 11.1 Å². The van der Waals surface area contributed by atoms with Gasteiger partial charge >= 0.3 is 6.03 Å². The second-order valence-electron chi connectivity index (χ2n) is 7.17. The molecule has 0 saturated carbocycles. The molecule has 0 aliphatic carbocycles. The van der Waals surface area contributed by atoms with E-state index in [1.807, 2.05) is 36.5 Å². The van der Waals surface area contributed by atoms with E-state index in [-0.39, 0.29) is 12.1 Å². The number of aromatic amines is 1. The normalized spacial score (nSPS) is 18.2. The van der Waals surface area contributed by atoms with Crippen molar-refractivity contribution >= 4 is 22.8 Å². The molecule has 8 nitrogen and oxygen atoms in total. The standard InChI is InChI=1S/C19H21N7O/c1-25-11-13-8-21-16-3-2-15(12-9-22-23-10-12)24-17(16)18(13)26(19(25)27)14-4-6-20-7-5-14/h2-3,8-10,14,20H,4-7,11H2,1H3,(H,22,23). The average Bonchev–Trinajstić information content (AvgIpc) is 3.24. The van der Waals surface area contributed by atoms with Crippen molar-refractivity contribution in [2.75, 3.05) is 25.0 Å². The lowest BCUT2D eigenvalue weighted by molar-refractivity contribution is 0.205. The predicted molar refractivity (Wildman–Crippen MR) is 102 cm³/mol. The van der Waals surface area contributed by atoms with E-state index < -0.39 is 0 Å². The van der Waals surface area contributed by atoms with Gasteiger partial charge in [0.25, 0.3) is 0 Å². The summed E-state index contributed by atoms with van der Waals surface area (Å²) in [6.07, 6.45) is 7.32. The highest BCUT2D eigenvalue weighted by Crippen LogP contribution is 2.37. The van der Waals surface area contributed by atoms with Gasteiger partial charge < -0.3 is 10.2 Å². The number of nitrogens with zero attached hydrogens (tertiary/aromatic N) is 5. The SMILES string of the molecule is CN1Cc2cnc3ccc(-c4cn[nH]c4)nc3c2N(C2CCNCC2)C1=O. The summed E-state index contributed by atoms with van der Waals surface area (Å²) in [5.41, 5.74) is 5.29. The van der Waals surface area contributed by atoms with Crippen molar-refractivity contribution in [3.63, 3.8) is 0 Å². The molecule has 27 heavy (non-hydrogen) atoms. The fourth-order valence-electron chi connectivity index (χ4n) is 4.03. The first-order valence-corrected chi connectivity index (χ1v) is 9.25. The van der Waals surface area contributed by atoms with Crippen molar-refractivity contribution < 1.29 is 4.79 Å². The van der Waals surface area contributed by atoms with Gasteiger partial charge in [0.2, 0.25) is 0 Å². The molecule has 1 saturated heterocycles. The maximum atomic E-state index is 13.1. The number of rotatable bonds is 2. The lowest BCUT2D eigenvalue weighted by atomic mass is 10.0. The minimum atomic E-state index is 0.0393. The zero-order valence-electron chi connectivity index (χ0n) is 15.1. The zero-order valence-corrected chi connectivity index (χ0v) is 15.1. The maximum absolute atomic E-state index is 13.1. The summed E-state index contributed by atoms with van der Waals surface area (Å²) in [4.78, 5) is 26.3. The van der Waals surface area contributed by atoms with E-state index in [1.165, 1.54) is 0 Å². The van der Waals surface area contributed by atoms with Gasteiger partial charge in [-0.25, -0.2) is 9.78 Å². The van der Waals surface area contributed by atoms with Crippen molar-refractivity contribution in [1.29, 1.82) is 0 Å². The summed E-state index contributed by atoms with van der Waals surface area (Å²) in [6.45, 7) is 2.39. The largest absolute Gasteiger partial charge is 0.324 e. The number of nitrogens with one attached hydrogen (secondary N) is 2. The highest BCUT2D eigenvalue weighted by atomic mass is 16.2. The third-order valence-electron chi connectivity index (χ3n) is 5.41. The molecular weight excluding hydrogens is 342 g/mol. The van der Waals surface area contributed by atoms with Gasteiger partial charge in [-0.3, -0.25) is 15.0 Å². The molecule has 2 N–H and O–H groups in total. The van der Waals surface area contributed by atoms with Gasteiger partial charge in [0.15, 0.2) is 0 Å². The molecule has 5 heterocycles. The molecule has 2 amide bonds. The smallest absolute Gasteiger partial charge is 0.323 e. The second-order valence-corrected chi connectivity index (χ2v) is 7.17. The summed E-state index contributed by atoms with van der Waals surface area (Å²) in [7, 11) is 1.85. The number of carbonyl (C=O) groups is 1. The molecule has 8 heteroatoms. The van der Waals surface area contributed by atoms with Gasteiger partial charge in [0.05, 0.1) is 29.6 Å². The topological polar surface area (TPSA) is 90.0 Å². The molecule has 0 bridgehead atoms. The van der Waals surface area contributed by atoms with Crippen LogP contribution in [0.5, 0.6) is 0 Å². The molecule has 3 aromatic rings. The average molecular weight is 363 g/mol. The first-order valence-electron chi connectivity index (χ1n) is 9.25. The molecular formula is C19H21N7O. The lowest BCUT2D eigenvalue weighted by Crippen LogP contribution is -2.53. The number of urea groups is 1. The number of hydrogen-bond acceptors (Lipinski definition) is 5. The molecule has 2 aliphatic rings. The van der Waals surface area contributed by atoms with Crippen LogP contribution in [-0.4, -0.2) is 57.3 Å². The highest BCUT2D eigenvalue weighted by molar-refractivity contribution is 6.04. The number of pyridine rings is 2. The van der Waals surface area contributed by atoms with Crippen LogP contribution in [0.3, 0.4) is 0 Å². The number of carbonyl (C=O) groups excluding carboxylic acids is 1. The summed E-state index contributed by atoms with van der Waals surface area (Å²) in [5.74, 6) is 0. The van der Waals surface area contributed by atoms with Crippen LogP contribution in [-0.2, 0) is 6.54 Å². The first kappa shape index (κ1) is 16.2. The molecule has 0 spiro atoms. The van der Waals surface area contributed by atoms with E-state index in [9.17, 15) is 4.79 Å². The summed E-state index contributed by atoms with van der Waals surface area (Å²) in [6, 6.07) is 4.12. The Kier molecular flexibility index (Phi) is 3.78. The number of fused-ring (bicyclic) bond motifs is 3. The van der Waals surface area contributed by atoms with E-state index in [4.69, 9.17) is 4.98 Å². The van der Waals surface area contributed by atoms with Crippen LogP contribution >= 0.6 is 0 Å². The van der Waals surface area contributed by atoms with Crippen molar-refractivity contribution in [2.45, 2.75) is 25.4 Å². The number of hydrogen-bond donors (Lipinski definition) is 2. The third-order valence-corrected chi connectivity index (χ3v) is 5.41. The number of anilines is 1. The van der Waals surface area contributed by atoms with Gasteiger partial charge in [-0.05, 0) is 38.1 Å². The minimum absolute atomic E-state index is 0.0393. The Bertz CT molecular complexity index is 995. The van der Waals surface area contributed by atoms with Crippen LogP contribution in [0.2, 0.25) is 0 Å². The molecule has 1 fully saturated rings. The van der Waals surface area contributed by atoms with E-state index in [2.05, 4.69) is 20.5 Å². The van der Waals surface area contributed by atoms with Gasteiger partial charge in [0, 0.05) is 36.6 Å². The Balaban J connectivity index is 1.71. The third kappa shape index (κ3) is 2.64. The Morgan fingerprint density at radius 1 is 1.19 bits per heavy atom. The summed E-state index contributed by atoms with van der Waals surface area (Å²) in [5, 5.41) is 10.2. The van der Waals surface area contributed by atoms with E-state index >= 15 is 0 Å². The fraction of sp³-hybridized carbons (Fsp3) is 0.368. The molecule has 0 atom stereocenters. The molecule has 2 aliphatic heterocycles. The van der Waals surface area contributed by atoms with Crippen LogP contribution in [0.15, 0.2) is 30.7 Å². The molecule has 0 unspecified atom stereocenters. The lowest BCUT2D eigenvalue weighted by Gasteiger charge is -2.41. The maximum Gasteiger partial charge on any atom is 0.324 e. The highest BCUT2D eigenvalue weighted by Gasteiger charge is 2.36. The monoisotopic (exact) mass is 363 g/mol. The number of aromatic nitrogens is 4. The Morgan fingerprint density at radius 2 is 2.04 bits per heavy atom. The summed E-state index contributed by atoms with van der Waals surface area (Å²) >= 11 is 0. The number of amides is 2. The Labute approximate surface area is 156 Å². The Morgan fingerprint density at radius 3 is 2.81 bits per heavy atom. The van der Waals surface area contributed by atoms with Gasteiger partial charge in [-0.15, -0.1) is 0 Å². The van der Waals surface area contributed by atoms with Crippen molar-refractivity contribution in [1.82, 2.24) is 30.4 Å². The van der Waals surface area contributed by atoms with Crippen molar-refractivity contribution in [2.24, 2.45) is 0 Å². The van der Waals surface area contributed by atoms with Crippen molar-refractivity contribution in [3.8, 4) is 11.3 Å². The van der Waals surface area contributed by atoms with E-state index in [0.29, 0.717) is 6.54 Å². The Hall–Kier alpha value is -3.00. The van der Waals surface area contributed by atoms with Gasteiger partial charge in [-0.2, -0.15) is 5.10 Å². The fourth-order valence-corrected chi connectivity index (χ4v) is 4.03. The molecule has 5 rings (SSSR count). The number of H-pyrrole nitrogens is 1. The van der Waals surface area contributed by atoms with Crippen LogP contribution in [0.4, 0.5) is 10.5 Å². The summed E-state index contributed by atoms with van der Waals surface area (Å²) < 4.78 is 0. The predicted octanol–water partition coefficient (Wildman–Crippen LogP) is 2.14. The van der Waals surface area contributed by atoms with Gasteiger partial charge in [-0.1, -0.05) is 0 Å². The molecule has 0 aromatic carbocycles. The van der Waals surface area contributed by atoms with Crippen LogP contribution < -0.4 is 10.2 Å². The van der Waals surface area contributed by atoms with E-state index in [0.717, 1.165) is 59.5 Å². The quantitative estimate of drug-likeness (QED) is 0.728. The minimum Gasteiger partial charge on any atom is -0.323 e. The van der Waals surface area contributed by atoms with Crippen molar-refractivity contribution in [3.05, 3.63) is 36.3 Å².